The van der Waals surface area contributed by atoms with Crippen molar-refractivity contribution in [1.82, 2.24) is 15.2 Å². The van der Waals surface area contributed by atoms with Crippen LogP contribution in [0.2, 0.25) is 0 Å². The number of hydrogen-bond donors (Lipinski definition) is 5. The van der Waals surface area contributed by atoms with Crippen LogP contribution in [0.25, 0.3) is 0 Å². The number of aliphatic carboxylic acids is 3. The number of carboxylic acid groups (broad SMARTS) is 3. The number of nitrogens with zero attached hydrogens (tertiary/aromatic N) is 2. The zero-order chi connectivity index (χ0) is 33.3. The third kappa shape index (κ3) is 10.6. The maximum Gasteiger partial charge on any atom is 0.336 e. The van der Waals surface area contributed by atoms with Gasteiger partial charge in [-0.05, 0) is 70.4 Å². The van der Waals surface area contributed by atoms with E-state index in [9.17, 15) is 14.4 Å². The third-order valence-electron chi connectivity index (χ3n) is 7.17. The Kier molecular flexibility index (Phi) is 12.5. The fourth-order valence-electron chi connectivity index (χ4n) is 5.72. The smallest absolute Gasteiger partial charge is 0.336 e. The fourth-order valence-corrected chi connectivity index (χ4v) is 5.72. The van der Waals surface area contributed by atoms with Crippen LogP contribution < -0.4 is 19.5 Å². The molecule has 1 aliphatic rings. The molecule has 1 fully saturated rings. The number of piperidine rings is 1. The lowest BCUT2D eigenvalue weighted by Gasteiger charge is -2.49. The molecule has 5 N–H and O–H groups in total. The lowest BCUT2D eigenvalue weighted by atomic mass is 9.79. The Morgan fingerprint density at radius 3 is 1.82 bits per heavy atom. The van der Waals surface area contributed by atoms with E-state index < -0.39 is 36.4 Å². The molecule has 1 aliphatic heterocycles. The zero-order valence-electron chi connectivity index (χ0n) is 26.4. The van der Waals surface area contributed by atoms with Crippen LogP contribution in [0.15, 0.2) is 36.5 Å². The number of benzene rings is 1. The third-order valence-corrected chi connectivity index (χ3v) is 7.17. The van der Waals surface area contributed by atoms with E-state index in [0.717, 1.165) is 37.2 Å². The lowest BCUT2D eigenvalue weighted by molar-refractivity contribution is -0.170. The minimum Gasteiger partial charge on any atom is -0.493 e. The fraction of sp³-hybridized carbons (Fsp3) is 0.548. The van der Waals surface area contributed by atoms with E-state index in [4.69, 9.17) is 34.6 Å². The van der Waals surface area contributed by atoms with E-state index >= 15 is 0 Å². The minimum absolute atomic E-state index is 0.0596. The highest BCUT2D eigenvalue weighted by Crippen LogP contribution is 2.39. The standard InChI is InChI=1S/C25H37N3O3.C6H8O7/c1-24(2)14-20(15-25(3,4)27-24)28(17-19-10-8-9-11-26-19)16-18-12-21(29-5)23(31-7)22(13-18)30-6;7-3(8)1-6(13,5(11)12)2-4(9)10/h8-13,20,27H,14-17H2,1-7H3;13H,1-2H2,(H,7,8)(H,9,10)(H,11,12). The first kappa shape index (κ1) is 36.3. The monoisotopic (exact) mass is 619 g/mol. The molecule has 0 saturated carbocycles. The molecule has 0 aliphatic carbocycles. The molecule has 1 aromatic carbocycles. The number of rotatable bonds is 13. The van der Waals surface area contributed by atoms with Crippen molar-refractivity contribution in [3.8, 4) is 17.2 Å². The summed E-state index contributed by atoms with van der Waals surface area (Å²) in [5.74, 6) is -3.04. The van der Waals surface area contributed by atoms with Crippen LogP contribution in [-0.2, 0) is 27.5 Å². The highest BCUT2D eigenvalue weighted by Gasteiger charge is 2.41. The highest BCUT2D eigenvalue weighted by atomic mass is 16.5. The molecule has 244 valence electrons. The number of carbonyl (C=O) groups is 3. The van der Waals surface area contributed by atoms with Gasteiger partial charge in [-0.15, -0.1) is 0 Å². The van der Waals surface area contributed by atoms with Gasteiger partial charge in [0.2, 0.25) is 5.75 Å². The van der Waals surface area contributed by atoms with Gasteiger partial charge in [0.1, 0.15) is 0 Å². The summed E-state index contributed by atoms with van der Waals surface area (Å²) in [6.07, 6.45) is 1.70. The summed E-state index contributed by atoms with van der Waals surface area (Å²) in [6.45, 7) is 10.7. The average Bonchev–Trinajstić information content (AvgIpc) is 2.90. The number of pyridine rings is 1. The van der Waals surface area contributed by atoms with Crippen LogP contribution in [0.3, 0.4) is 0 Å². The normalized spacial score (nSPS) is 15.9. The molecular formula is C31H45N3O10. The van der Waals surface area contributed by atoms with Crippen molar-refractivity contribution in [2.75, 3.05) is 21.3 Å². The number of aromatic nitrogens is 1. The van der Waals surface area contributed by atoms with Crippen LogP contribution in [0.4, 0.5) is 0 Å². The lowest BCUT2D eigenvalue weighted by Crippen LogP contribution is -2.62. The van der Waals surface area contributed by atoms with E-state index in [1.54, 1.807) is 21.3 Å². The SMILES string of the molecule is COc1cc(CN(Cc2ccccn2)C2CC(C)(C)NC(C)(C)C2)cc(OC)c1OC.O=C(O)CC(O)(CC(=O)O)C(=O)O. The molecule has 0 amide bonds. The van der Waals surface area contributed by atoms with Gasteiger partial charge in [0, 0.05) is 36.4 Å². The second-order valence-corrected chi connectivity index (χ2v) is 12.2. The van der Waals surface area contributed by atoms with Crippen molar-refractivity contribution in [3.63, 3.8) is 0 Å². The molecular weight excluding hydrogens is 574 g/mol. The summed E-state index contributed by atoms with van der Waals surface area (Å²) in [7, 11) is 4.95. The topological polar surface area (TPSA) is 188 Å². The average molecular weight is 620 g/mol. The summed E-state index contributed by atoms with van der Waals surface area (Å²) in [6, 6.07) is 10.6. The molecule has 44 heavy (non-hydrogen) atoms. The van der Waals surface area contributed by atoms with Crippen LogP contribution >= 0.6 is 0 Å². The van der Waals surface area contributed by atoms with E-state index in [1.807, 2.05) is 24.4 Å². The summed E-state index contributed by atoms with van der Waals surface area (Å²) < 4.78 is 16.7. The van der Waals surface area contributed by atoms with E-state index in [1.165, 1.54) is 0 Å². The molecule has 3 rings (SSSR count). The van der Waals surface area contributed by atoms with Gasteiger partial charge in [-0.25, -0.2) is 4.79 Å². The van der Waals surface area contributed by atoms with Gasteiger partial charge >= 0.3 is 17.9 Å². The second kappa shape index (κ2) is 15.2. The maximum absolute atomic E-state index is 10.3. The van der Waals surface area contributed by atoms with Crippen molar-refractivity contribution in [1.29, 1.82) is 0 Å². The van der Waals surface area contributed by atoms with E-state index in [2.05, 4.69) is 55.0 Å². The van der Waals surface area contributed by atoms with Gasteiger partial charge in [0.05, 0.1) is 39.9 Å². The Hall–Kier alpha value is -3.94. The van der Waals surface area contributed by atoms with Crippen molar-refractivity contribution in [2.24, 2.45) is 0 Å². The van der Waals surface area contributed by atoms with Gasteiger partial charge in [-0.2, -0.15) is 0 Å². The first-order chi connectivity index (χ1) is 20.4. The highest BCUT2D eigenvalue weighted by molar-refractivity contribution is 5.88. The van der Waals surface area contributed by atoms with Crippen molar-refractivity contribution in [3.05, 3.63) is 47.8 Å². The molecule has 1 aromatic heterocycles. The van der Waals surface area contributed by atoms with Crippen LogP contribution in [0.5, 0.6) is 17.2 Å². The number of hydrogen-bond acceptors (Lipinski definition) is 10. The number of carboxylic acids is 3. The van der Waals surface area contributed by atoms with Crippen LogP contribution in [0, 0.1) is 0 Å². The first-order valence-electron chi connectivity index (χ1n) is 14.1. The van der Waals surface area contributed by atoms with Crippen molar-refractivity contribution < 1.29 is 49.0 Å². The van der Waals surface area contributed by atoms with Crippen molar-refractivity contribution in [2.45, 2.75) is 89.2 Å². The van der Waals surface area contributed by atoms with E-state index in [0.29, 0.717) is 23.3 Å². The number of ether oxygens (including phenoxy) is 3. The van der Waals surface area contributed by atoms with Gasteiger partial charge in [-0.1, -0.05) is 6.07 Å². The molecule has 1 saturated heterocycles. The van der Waals surface area contributed by atoms with Gasteiger partial charge in [0.15, 0.2) is 17.1 Å². The molecule has 0 bridgehead atoms. The van der Waals surface area contributed by atoms with Crippen molar-refractivity contribution >= 4 is 17.9 Å². The Morgan fingerprint density at radius 1 is 0.909 bits per heavy atom. The van der Waals surface area contributed by atoms with Gasteiger partial charge in [0.25, 0.3) is 0 Å². The molecule has 0 spiro atoms. The summed E-state index contributed by atoms with van der Waals surface area (Å²) >= 11 is 0. The minimum atomic E-state index is -2.74. The Morgan fingerprint density at radius 2 is 1.43 bits per heavy atom. The number of methoxy groups -OCH3 is 3. The summed E-state index contributed by atoms with van der Waals surface area (Å²) in [4.78, 5) is 37.6. The van der Waals surface area contributed by atoms with Gasteiger partial charge < -0.3 is 40.0 Å². The summed E-state index contributed by atoms with van der Waals surface area (Å²) in [5.41, 5.74) is -0.421. The van der Waals surface area contributed by atoms with Gasteiger partial charge in [-0.3, -0.25) is 19.5 Å². The molecule has 0 unspecified atom stereocenters. The van der Waals surface area contributed by atoms with E-state index in [-0.39, 0.29) is 11.1 Å². The first-order valence-corrected chi connectivity index (χ1v) is 14.1. The van der Waals surface area contributed by atoms with Crippen LogP contribution in [0.1, 0.15) is 64.6 Å². The zero-order valence-corrected chi connectivity index (χ0v) is 26.4. The number of nitrogens with one attached hydrogen (secondary N) is 1. The largest absolute Gasteiger partial charge is 0.493 e. The number of aliphatic hydroxyl groups is 1. The molecule has 0 radical (unpaired) electrons. The Balaban J connectivity index is 0.000000439. The second-order valence-electron chi connectivity index (χ2n) is 12.2. The molecule has 13 nitrogen and oxygen atoms in total. The van der Waals surface area contributed by atoms with Crippen LogP contribution in [-0.4, -0.2) is 92.3 Å². The molecule has 13 heteroatoms. The molecule has 2 aromatic rings. The Bertz CT molecular complexity index is 1230. The molecule has 2 heterocycles. The maximum atomic E-state index is 10.3. The predicted molar refractivity (Wildman–Crippen MR) is 161 cm³/mol. The Labute approximate surface area is 257 Å². The molecule has 0 atom stereocenters. The quantitative estimate of drug-likeness (QED) is 0.220. The summed E-state index contributed by atoms with van der Waals surface area (Å²) in [5, 5.41) is 37.6. The predicted octanol–water partition coefficient (Wildman–Crippen LogP) is 3.17.